The summed E-state index contributed by atoms with van der Waals surface area (Å²) < 4.78 is 1.39. The zero-order chi connectivity index (χ0) is 14.7. The standard InChI is InChI=1S/C14H14ClNO4/c15-11-4-1-3-10-9(8-17)7-16(14(10)11)12(18)5-2-6-13(19)20/h1,3-4,7,17H,2,5-6,8H2,(H,19,20). The average molecular weight is 296 g/mol. The predicted octanol–water partition coefficient (Wildman–Crippen LogP) is 2.68. The number of fused-ring (bicyclic) bond motifs is 1. The minimum absolute atomic E-state index is 0.0501. The molecule has 2 N–H and O–H groups in total. The van der Waals surface area contributed by atoms with Crippen LogP contribution in [0.3, 0.4) is 0 Å². The maximum Gasteiger partial charge on any atom is 0.303 e. The van der Waals surface area contributed by atoms with E-state index in [2.05, 4.69) is 0 Å². The van der Waals surface area contributed by atoms with E-state index in [0.29, 0.717) is 16.1 Å². The average Bonchev–Trinajstić information content (AvgIpc) is 2.78. The number of aliphatic hydroxyl groups is 1. The van der Waals surface area contributed by atoms with E-state index in [4.69, 9.17) is 16.7 Å². The molecule has 6 heteroatoms. The van der Waals surface area contributed by atoms with E-state index < -0.39 is 5.97 Å². The number of para-hydroxylation sites is 1. The fraction of sp³-hybridized carbons (Fsp3) is 0.286. The molecule has 0 amide bonds. The lowest BCUT2D eigenvalue weighted by atomic mass is 10.2. The first-order chi connectivity index (χ1) is 9.54. The summed E-state index contributed by atoms with van der Waals surface area (Å²) in [5.74, 6) is -1.16. The molecule has 0 saturated carbocycles. The molecular weight excluding hydrogens is 282 g/mol. The van der Waals surface area contributed by atoms with Gasteiger partial charge in [-0.05, 0) is 12.5 Å². The molecule has 2 rings (SSSR count). The van der Waals surface area contributed by atoms with Crippen LogP contribution in [0.25, 0.3) is 10.9 Å². The van der Waals surface area contributed by atoms with Gasteiger partial charge in [0.25, 0.3) is 0 Å². The molecular formula is C14H14ClNO4. The second-order valence-corrected chi connectivity index (χ2v) is 4.87. The van der Waals surface area contributed by atoms with Crippen molar-refractivity contribution in [2.75, 3.05) is 0 Å². The highest BCUT2D eigenvalue weighted by atomic mass is 35.5. The minimum Gasteiger partial charge on any atom is -0.481 e. The Morgan fingerprint density at radius 1 is 1.25 bits per heavy atom. The second-order valence-electron chi connectivity index (χ2n) is 4.46. The van der Waals surface area contributed by atoms with E-state index in [1.807, 2.05) is 0 Å². The lowest BCUT2D eigenvalue weighted by Crippen LogP contribution is -2.10. The fourth-order valence-corrected chi connectivity index (χ4v) is 2.41. The van der Waals surface area contributed by atoms with Crippen molar-refractivity contribution in [3.05, 3.63) is 35.0 Å². The van der Waals surface area contributed by atoms with Crippen molar-refractivity contribution in [1.29, 1.82) is 0 Å². The van der Waals surface area contributed by atoms with Crippen molar-refractivity contribution in [1.82, 2.24) is 4.57 Å². The van der Waals surface area contributed by atoms with Crippen molar-refractivity contribution in [2.45, 2.75) is 25.9 Å². The Labute approximate surface area is 120 Å². The number of carbonyl (C=O) groups is 2. The molecule has 0 aliphatic carbocycles. The Kier molecular flexibility index (Phi) is 4.42. The maximum absolute atomic E-state index is 12.2. The van der Waals surface area contributed by atoms with Gasteiger partial charge in [0.1, 0.15) is 0 Å². The van der Waals surface area contributed by atoms with Gasteiger partial charge in [0.05, 0.1) is 17.1 Å². The quantitative estimate of drug-likeness (QED) is 0.889. The third kappa shape index (κ3) is 2.84. The van der Waals surface area contributed by atoms with Gasteiger partial charge in [-0.1, -0.05) is 23.7 Å². The fourth-order valence-electron chi connectivity index (χ4n) is 2.14. The van der Waals surface area contributed by atoms with Gasteiger partial charge in [0.15, 0.2) is 0 Å². The number of carboxylic acids is 1. The Hall–Kier alpha value is -1.85. The Balaban J connectivity index is 2.34. The number of hydrogen-bond donors (Lipinski definition) is 2. The largest absolute Gasteiger partial charge is 0.481 e. The minimum atomic E-state index is -0.927. The molecule has 0 radical (unpaired) electrons. The van der Waals surface area contributed by atoms with E-state index in [1.54, 1.807) is 24.4 Å². The molecule has 106 valence electrons. The monoisotopic (exact) mass is 295 g/mol. The molecule has 0 spiro atoms. The first-order valence-electron chi connectivity index (χ1n) is 6.19. The number of aliphatic carboxylic acids is 1. The highest BCUT2D eigenvalue weighted by Crippen LogP contribution is 2.28. The lowest BCUT2D eigenvalue weighted by molar-refractivity contribution is -0.137. The number of halogens is 1. The van der Waals surface area contributed by atoms with Gasteiger partial charge in [0, 0.05) is 30.0 Å². The second kappa shape index (κ2) is 6.07. The molecule has 0 aliphatic rings. The van der Waals surface area contributed by atoms with Crippen molar-refractivity contribution in [3.8, 4) is 0 Å². The Bertz CT molecular complexity index is 662. The highest BCUT2D eigenvalue weighted by molar-refractivity contribution is 6.35. The molecule has 5 nitrogen and oxygen atoms in total. The number of nitrogens with zero attached hydrogens (tertiary/aromatic N) is 1. The molecule has 20 heavy (non-hydrogen) atoms. The number of rotatable bonds is 5. The SMILES string of the molecule is O=C(O)CCCC(=O)n1cc(CO)c2cccc(Cl)c21. The molecule has 0 saturated heterocycles. The predicted molar refractivity (Wildman–Crippen MR) is 75.0 cm³/mol. The number of hydrogen-bond acceptors (Lipinski definition) is 3. The van der Waals surface area contributed by atoms with Crippen molar-refractivity contribution < 1.29 is 19.8 Å². The first-order valence-corrected chi connectivity index (χ1v) is 6.56. The maximum atomic E-state index is 12.2. The van der Waals surface area contributed by atoms with Crippen LogP contribution >= 0.6 is 11.6 Å². The molecule has 1 aromatic carbocycles. The summed E-state index contributed by atoms with van der Waals surface area (Å²) in [6, 6.07) is 5.21. The van der Waals surface area contributed by atoms with E-state index in [0.717, 1.165) is 5.39 Å². The summed E-state index contributed by atoms with van der Waals surface area (Å²) in [4.78, 5) is 22.6. The molecule has 0 aliphatic heterocycles. The number of carboxylic acid groups (broad SMARTS) is 1. The summed E-state index contributed by atoms with van der Waals surface area (Å²) in [5.41, 5.74) is 1.17. The zero-order valence-electron chi connectivity index (χ0n) is 10.7. The van der Waals surface area contributed by atoms with Gasteiger partial charge in [-0.15, -0.1) is 0 Å². The molecule has 1 heterocycles. The summed E-state index contributed by atoms with van der Waals surface area (Å²) >= 11 is 6.11. The Morgan fingerprint density at radius 2 is 2.00 bits per heavy atom. The molecule has 0 fully saturated rings. The topological polar surface area (TPSA) is 79.5 Å². The lowest BCUT2D eigenvalue weighted by Gasteiger charge is -2.04. The third-order valence-electron chi connectivity index (χ3n) is 3.08. The normalized spacial score (nSPS) is 10.9. The van der Waals surface area contributed by atoms with Crippen LogP contribution < -0.4 is 0 Å². The Morgan fingerprint density at radius 3 is 2.65 bits per heavy atom. The van der Waals surface area contributed by atoms with Crippen LogP contribution in [-0.4, -0.2) is 26.7 Å². The first kappa shape index (κ1) is 14.6. The third-order valence-corrected chi connectivity index (χ3v) is 3.38. The van der Waals surface area contributed by atoms with Gasteiger partial charge in [-0.25, -0.2) is 0 Å². The van der Waals surface area contributed by atoms with Crippen LogP contribution in [0.1, 0.15) is 29.6 Å². The number of carbonyl (C=O) groups excluding carboxylic acids is 1. The van der Waals surface area contributed by atoms with E-state index >= 15 is 0 Å². The summed E-state index contributed by atoms with van der Waals surface area (Å²) in [5, 5.41) is 19.1. The molecule has 0 bridgehead atoms. The number of aromatic nitrogens is 1. The highest BCUT2D eigenvalue weighted by Gasteiger charge is 2.15. The van der Waals surface area contributed by atoms with Crippen LogP contribution in [0.15, 0.2) is 24.4 Å². The van der Waals surface area contributed by atoms with Gasteiger partial charge in [-0.3, -0.25) is 14.2 Å². The van der Waals surface area contributed by atoms with Gasteiger partial charge < -0.3 is 10.2 Å². The van der Waals surface area contributed by atoms with Crippen LogP contribution in [0.4, 0.5) is 0 Å². The van der Waals surface area contributed by atoms with E-state index in [-0.39, 0.29) is 31.8 Å². The van der Waals surface area contributed by atoms with Gasteiger partial charge in [0.2, 0.25) is 5.91 Å². The number of benzene rings is 1. The van der Waals surface area contributed by atoms with Gasteiger partial charge >= 0.3 is 5.97 Å². The molecule has 0 unspecified atom stereocenters. The molecule has 1 aromatic heterocycles. The smallest absolute Gasteiger partial charge is 0.303 e. The van der Waals surface area contributed by atoms with E-state index in [9.17, 15) is 14.7 Å². The number of aliphatic hydroxyl groups excluding tert-OH is 1. The molecule has 0 atom stereocenters. The summed E-state index contributed by atoms with van der Waals surface area (Å²) in [6.07, 6.45) is 1.89. The van der Waals surface area contributed by atoms with Crippen LogP contribution in [0.5, 0.6) is 0 Å². The van der Waals surface area contributed by atoms with Gasteiger partial charge in [-0.2, -0.15) is 0 Å². The summed E-state index contributed by atoms with van der Waals surface area (Å²) in [7, 11) is 0. The van der Waals surface area contributed by atoms with E-state index in [1.165, 1.54) is 4.57 Å². The van der Waals surface area contributed by atoms with Crippen molar-refractivity contribution in [2.24, 2.45) is 0 Å². The molecule has 2 aromatic rings. The van der Waals surface area contributed by atoms with Crippen molar-refractivity contribution >= 4 is 34.4 Å². The van der Waals surface area contributed by atoms with Crippen LogP contribution in [0, 0.1) is 0 Å². The summed E-state index contributed by atoms with van der Waals surface area (Å²) in [6.45, 7) is -0.188. The van der Waals surface area contributed by atoms with Crippen LogP contribution in [-0.2, 0) is 11.4 Å². The van der Waals surface area contributed by atoms with Crippen molar-refractivity contribution in [3.63, 3.8) is 0 Å². The van der Waals surface area contributed by atoms with Crippen LogP contribution in [0.2, 0.25) is 5.02 Å². The zero-order valence-corrected chi connectivity index (χ0v) is 11.4.